The van der Waals surface area contributed by atoms with E-state index in [1.165, 1.54) is 12.1 Å². The SMILES string of the molecule is NC1CN(c2cncc(-c3ccc4[nH]nc(-c5cc6c(-c7cccc(F)c7)nccc6[nH]5)c4n3)n2)C1. The molecule has 1 aliphatic heterocycles. The molecule has 9 nitrogen and oxygen atoms in total. The molecule has 1 fully saturated rings. The summed E-state index contributed by atoms with van der Waals surface area (Å²) >= 11 is 0. The monoisotopic (exact) mass is 477 g/mol. The van der Waals surface area contributed by atoms with E-state index in [1.807, 2.05) is 30.3 Å². The third kappa shape index (κ3) is 3.38. The summed E-state index contributed by atoms with van der Waals surface area (Å²) in [5, 5.41) is 8.46. The van der Waals surface area contributed by atoms with Crippen LogP contribution in [0, 0.1) is 5.82 Å². The molecule has 1 saturated heterocycles. The second-order valence-corrected chi connectivity index (χ2v) is 8.91. The summed E-state index contributed by atoms with van der Waals surface area (Å²) in [4.78, 5) is 24.0. The van der Waals surface area contributed by atoms with Crippen LogP contribution in [0.1, 0.15) is 0 Å². The molecule has 10 heteroatoms. The lowest BCUT2D eigenvalue weighted by Gasteiger charge is -2.37. The highest BCUT2D eigenvalue weighted by Gasteiger charge is 2.25. The molecule has 6 aromatic rings. The highest BCUT2D eigenvalue weighted by molar-refractivity contribution is 5.99. The molecule has 6 heterocycles. The van der Waals surface area contributed by atoms with Crippen LogP contribution in [0.2, 0.25) is 0 Å². The Hall–Kier alpha value is -4.70. The number of fused-ring (bicyclic) bond motifs is 2. The first-order valence-corrected chi connectivity index (χ1v) is 11.5. The van der Waals surface area contributed by atoms with Gasteiger partial charge in [0.15, 0.2) is 0 Å². The zero-order valence-corrected chi connectivity index (χ0v) is 19.0. The van der Waals surface area contributed by atoms with E-state index in [0.29, 0.717) is 33.9 Å². The van der Waals surface area contributed by atoms with E-state index in [1.54, 1.807) is 24.7 Å². The standard InChI is InChI=1S/C26H20FN9/c27-15-3-1-2-14(8-15)24-17-9-21(31-18(17)6-7-30-24)26-25-20(34-35-26)5-4-19(33-25)22-10-29-11-23(32-22)36-12-16(28)13-36/h1-11,16,31H,12-13,28H2,(H,34,35). The van der Waals surface area contributed by atoms with Gasteiger partial charge in [-0.15, -0.1) is 0 Å². The molecule has 0 amide bonds. The number of halogens is 1. The molecule has 0 spiro atoms. The lowest BCUT2D eigenvalue weighted by Crippen LogP contribution is -2.56. The molecule has 7 rings (SSSR count). The fourth-order valence-electron chi connectivity index (χ4n) is 4.61. The van der Waals surface area contributed by atoms with Crippen molar-refractivity contribution >= 4 is 27.8 Å². The normalized spacial score (nSPS) is 14.0. The maximum absolute atomic E-state index is 13.9. The van der Waals surface area contributed by atoms with E-state index in [4.69, 9.17) is 15.7 Å². The van der Waals surface area contributed by atoms with Crippen molar-refractivity contribution in [2.24, 2.45) is 5.73 Å². The molecule has 4 N–H and O–H groups in total. The smallest absolute Gasteiger partial charge is 0.147 e. The highest BCUT2D eigenvalue weighted by atomic mass is 19.1. The number of benzene rings is 1. The van der Waals surface area contributed by atoms with Gasteiger partial charge >= 0.3 is 0 Å². The Kier molecular flexibility index (Phi) is 4.55. The minimum atomic E-state index is -0.304. The zero-order valence-electron chi connectivity index (χ0n) is 19.0. The van der Waals surface area contributed by atoms with Crippen LogP contribution in [0.25, 0.3) is 56.0 Å². The fraction of sp³-hybridized carbons (Fsp3) is 0.115. The molecule has 176 valence electrons. The van der Waals surface area contributed by atoms with Gasteiger partial charge in [-0.25, -0.2) is 14.4 Å². The van der Waals surface area contributed by atoms with Crippen LogP contribution < -0.4 is 10.6 Å². The van der Waals surface area contributed by atoms with E-state index in [9.17, 15) is 4.39 Å². The third-order valence-corrected chi connectivity index (χ3v) is 6.43. The van der Waals surface area contributed by atoms with Crippen LogP contribution in [0.4, 0.5) is 10.2 Å². The second-order valence-electron chi connectivity index (χ2n) is 8.91. The van der Waals surface area contributed by atoms with E-state index in [-0.39, 0.29) is 11.9 Å². The largest absolute Gasteiger partial charge is 0.353 e. The maximum Gasteiger partial charge on any atom is 0.147 e. The van der Waals surface area contributed by atoms with Gasteiger partial charge in [0.1, 0.15) is 28.5 Å². The van der Waals surface area contributed by atoms with Crippen LogP contribution in [0.15, 0.2) is 67.1 Å². The van der Waals surface area contributed by atoms with Gasteiger partial charge in [-0.2, -0.15) is 5.10 Å². The van der Waals surface area contributed by atoms with Crippen molar-refractivity contribution in [1.82, 2.24) is 35.1 Å². The van der Waals surface area contributed by atoms with Crippen LogP contribution >= 0.6 is 0 Å². The summed E-state index contributed by atoms with van der Waals surface area (Å²) < 4.78 is 13.9. The van der Waals surface area contributed by atoms with E-state index in [0.717, 1.165) is 41.0 Å². The maximum atomic E-state index is 13.9. The lowest BCUT2D eigenvalue weighted by molar-refractivity contribution is 0.514. The van der Waals surface area contributed by atoms with Gasteiger partial charge in [0.05, 0.1) is 35.0 Å². The summed E-state index contributed by atoms with van der Waals surface area (Å²) in [5.74, 6) is 0.484. The molecular weight excluding hydrogens is 457 g/mol. The van der Waals surface area contributed by atoms with Gasteiger partial charge in [-0.05, 0) is 36.4 Å². The molecule has 36 heavy (non-hydrogen) atoms. The van der Waals surface area contributed by atoms with Gasteiger partial charge in [0.2, 0.25) is 0 Å². The van der Waals surface area contributed by atoms with E-state index < -0.39 is 0 Å². The van der Waals surface area contributed by atoms with Gasteiger partial charge < -0.3 is 15.6 Å². The van der Waals surface area contributed by atoms with Crippen molar-refractivity contribution in [2.45, 2.75) is 6.04 Å². The Balaban J connectivity index is 1.31. The Morgan fingerprint density at radius 3 is 2.72 bits per heavy atom. The van der Waals surface area contributed by atoms with Gasteiger partial charge in [0, 0.05) is 41.8 Å². The minimum Gasteiger partial charge on any atom is -0.353 e. The van der Waals surface area contributed by atoms with Crippen LogP contribution in [-0.4, -0.2) is 54.2 Å². The van der Waals surface area contributed by atoms with Crippen molar-refractivity contribution in [2.75, 3.05) is 18.0 Å². The second kappa shape index (κ2) is 7.92. The molecule has 0 atom stereocenters. The summed E-state index contributed by atoms with van der Waals surface area (Å²) in [7, 11) is 0. The molecule has 1 aromatic carbocycles. The zero-order chi connectivity index (χ0) is 24.2. The highest BCUT2D eigenvalue weighted by Crippen LogP contribution is 2.33. The number of rotatable bonds is 4. The number of aromatic amines is 2. The number of H-pyrrole nitrogens is 2. The first-order chi connectivity index (χ1) is 17.6. The number of pyridine rings is 2. The third-order valence-electron chi connectivity index (χ3n) is 6.43. The Labute approximate surface area is 204 Å². The predicted octanol–water partition coefficient (Wildman–Crippen LogP) is 3.91. The molecule has 0 bridgehead atoms. The van der Waals surface area contributed by atoms with Crippen molar-refractivity contribution < 1.29 is 4.39 Å². The van der Waals surface area contributed by atoms with E-state index in [2.05, 4.69) is 30.0 Å². The number of nitrogens with zero attached hydrogens (tertiary/aromatic N) is 6. The van der Waals surface area contributed by atoms with Gasteiger partial charge in [-0.1, -0.05) is 12.1 Å². The van der Waals surface area contributed by atoms with Gasteiger partial charge in [-0.3, -0.25) is 15.1 Å². The Morgan fingerprint density at radius 2 is 1.86 bits per heavy atom. The van der Waals surface area contributed by atoms with E-state index >= 15 is 0 Å². The number of aromatic nitrogens is 7. The number of hydrogen-bond donors (Lipinski definition) is 3. The summed E-state index contributed by atoms with van der Waals surface area (Å²) in [5.41, 5.74) is 12.5. The minimum absolute atomic E-state index is 0.173. The molecule has 5 aromatic heterocycles. The average Bonchev–Trinajstić information content (AvgIpc) is 3.50. The quantitative estimate of drug-likeness (QED) is 0.351. The van der Waals surface area contributed by atoms with Gasteiger partial charge in [0.25, 0.3) is 0 Å². The number of hydrogen-bond acceptors (Lipinski definition) is 7. The van der Waals surface area contributed by atoms with Crippen molar-refractivity contribution in [3.63, 3.8) is 0 Å². The molecule has 0 aliphatic carbocycles. The molecule has 0 unspecified atom stereocenters. The van der Waals surface area contributed by atoms with Crippen LogP contribution in [0.5, 0.6) is 0 Å². The van der Waals surface area contributed by atoms with Crippen molar-refractivity contribution in [1.29, 1.82) is 0 Å². The molecular formula is C26H20FN9. The summed E-state index contributed by atoms with van der Waals surface area (Å²) in [6.07, 6.45) is 5.15. The van der Waals surface area contributed by atoms with Crippen LogP contribution in [0.3, 0.4) is 0 Å². The number of anilines is 1. The molecule has 0 radical (unpaired) electrons. The number of nitrogens with two attached hydrogens (primary N) is 1. The molecule has 1 aliphatic rings. The first kappa shape index (κ1) is 20.7. The summed E-state index contributed by atoms with van der Waals surface area (Å²) in [6, 6.07) is 14.3. The Bertz CT molecular complexity index is 1750. The molecule has 0 saturated carbocycles. The Morgan fingerprint density at radius 1 is 0.944 bits per heavy atom. The van der Waals surface area contributed by atoms with Crippen molar-refractivity contribution in [3.8, 4) is 34.0 Å². The lowest BCUT2D eigenvalue weighted by atomic mass is 10.1. The average molecular weight is 478 g/mol. The summed E-state index contributed by atoms with van der Waals surface area (Å²) in [6.45, 7) is 1.53. The predicted molar refractivity (Wildman–Crippen MR) is 136 cm³/mol. The topological polar surface area (TPSA) is 125 Å². The fourth-order valence-corrected chi connectivity index (χ4v) is 4.61. The first-order valence-electron chi connectivity index (χ1n) is 11.5. The van der Waals surface area contributed by atoms with Crippen molar-refractivity contribution in [3.05, 3.63) is 72.9 Å². The van der Waals surface area contributed by atoms with Crippen LogP contribution in [-0.2, 0) is 0 Å². The number of nitrogens with one attached hydrogen (secondary N) is 2.